The molecule has 1 saturated carbocycles. The largest absolute Gasteiger partial charge is 0.403 e. The molecule has 0 bridgehead atoms. The lowest BCUT2D eigenvalue weighted by Crippen LogP contribution is -2.56. The van der Waals surface area contributed by atoms with Crippen molar-refractivity contribution in [1.82, 2.24) is 15.1 Å². The van der Waals surface area contributed by atoms with Crippen molar-refractivity contribution in [2.45, 2.75) is 51.4 Å². The molecule has 32 heavy (non-hydrogen) atoms. The Morgan fingerprint density at radius 2 is 1.84 bits per heavy atom. The van der Waals surface area contributed by atoms with E-state index in [-0.39, 0.29) is 35.8 Å². The number of hydrogen-bond donors (Lipinski definition) is 2. The summed E-state index contributed by atoms with van der Waals surface area (Å²) in [6.07, 6.45) is -0.0633. The molecule has 1 aliphatic heterocycles. The van der Waals surface area contributed by atoms with E-state index in [2.05, 4.69) is 15.6 Å². The van der Waals surface area contributed by atoms with Crippen LogP contribution in [0.15, 0.2) is 29.3 Å². The van der Waals surface area contributed by atoms with Gasteiger partial charge in [-0.05, 0) is 37.5 Å². The minimum atomic E-state index is -4.21. The summed E-state index contributed by atoms with van der Waals surface area (Å²) >= 11 is 0. The van der Waals surface area contributed by atoms with Crippen LogP contribution in [-0.2, 0) is 11.3 Å². The molecule has 1 aromatic carbocycles. The molecule has 1 unspecified atom stereocenters. The van der Waals surface area contributed by atoms with Gasteiger partial charge in [0.2, 0.25) is 5.91 Å². The Balaban J connectivity index is 0.00000363. The molecule has 0 spiro atoms. The first-order valence-electron chi connectivity index (χ1n) is 10.9. The number of benzene rings is 1. The van der Waals surface area contributed by atoms with Crippen molar-refractivity contribution < 1.29 is 18.0 Å². The zero-order valence-corrected chi connectivity index (χ0v) is 21.0. The summed E-state index contributed by atoms with van der Waals surface area (Å²) in [6, 6.07) is 6.25. The van der Waals surface area contributed by atoms with E-state index in [1.165, 1.54) is 11.8 Å². The SMILES string of the molecule is CN=C(NCc1cccc(NC(=O)C2CCCC2)c1)N1CCN(C(C)C(F)(F)F)CC1.I. The van der Waals surface area contributed by atoms with Gasteiger partial charge < -0.3 is 15.5 Å². The van der Waals surface area contributed by atoms with Gasteiger partial charge in [-0.15, -0.1) is 24.0 Å². The second-order valence-electron chi connectivity index (χ2n) is 8.31. The molecule has 3 rings (SSSR count). The summed E-state index contributed by atoms with van der Waals surface area (Å²) in [7, 11) is 1.67. The highest BCUT2D eigenvalue weighted by molar-refractivity contribution is 14.0. The first-order valence-corrected chi connectivity index (χ1v) is 10.9. The Bertz CT molecular complexity index is 775. The number of piperazine rings is 1. The van der Waals surface area contributed by atoms with Crippen molar-refractivity contribution in [3.63, 3.8) is 0 Å². The molecule has 6 nitrogen and oxygen atoms in total. The molecule has 10 heteroatoms. The lowest BCUT2D eigenvalue weighted by molar-refractivity contribution is -0.181. The van der Waals surface area contributed by atoms with Crippen LogP contribution in [0.25, 0.3) is 0 Å². The van der Waals surface area contributed by atoms with Crippen molar-refractivity contribution in [1.29, 1.82) is 0 Å². The van der Waals surface area contributed by atoms with Crippen molar-refractivity contribution in [2.24, 2.45) is 10.9 Å². The molecule has 1 aliphatic carbocycles. The number of nitrogens with zero attached hydrogens (tertiary/aromatic N) is 3. The zero-order valence-electron chi connectivity index (χ0n) is 18.6. The van der Waals surface area contributed by atoms with Crippen LogP contribution in [0.5, 0.6) is 0 Å². The van der Waals surface area contributed by atoms with E-state index in [0.29, 0.717) is 38.7 Å². The maximum Gasteiger partial charge on any atom is 0.403 e. The first kappa shape index (κ1) is 26.7. The summed E-state index contributed by atoms with van der Waals surface area (Å²) in [4.78, 5) is 20.1. The van der Waals surface area contributed by atoms with Crippen molar-refractivity contribution >= 4 is 41.5 Å². The highest BCUT2D eigenvalue weighted by Crippen LogP contribution is 2.26. The maximum absolute atomic E-state index is 12.9. The fraction of sp³-hybridized carbons (Fsp3) is 0.636. The Labute approximate surface area is 205 Å². The smallest absolute Gasteiger partial charge is 0.352 e. The molecule has 1 amide bonds. The first-order chi connectivity index (χ1) is 14.8. The minimum Gasteiger partial charge on any atom is -0.352 e. The number of nitrogens with one attached hydrogen (secondary N) is 2. The van der Waals surface area contributed by atoms with E-state index in [0.717, 1.165) is 36.9 Å². The molecule has 0 aromatic heterocycles. The third kappa shape index (κ3) is 7.23. The summed E-state index contributed by atoms with van der Waals surface area (Å²) in [5, 5.41) is 6.30. The van der Waals surface area contributed by atoms with Crippen LogP contribution in [0.1, 0.15) is 38.2 Å². The van der Waals surface area contributed by atoms with Crippen LogP contribution in [0.4, 0.5) is 18.9 Å². The average Bonchev–Trinajstić information content (AvgIpc) is 3.29. The highest BCUT2D eigenvalue weighted by Gasteiger charge is 2.41. The number of carbonyl (C=O) groups excluding carboxylic acids is 1. The lowest BCUT2D eigenvalue weighted by atomic mass is 10.1. The normalized spacial score (nSPS) is 19.4. The molecule has 2 fully saturated rings. The molecular weight excluding hydrogens is 534 g/mol. The van der Waals surface area contributed by atoms with E-state index in [1.807, 2.05) is 29.2 Å². The van der Waals surface area contributed by atoms with Crippen LogP contribution in [0, 0.1) is 5.92 Å². The van der Waals surface area contributed by atoms with Crippen molar-refractivity contribution in [3.8, 4) is 0 Å². The molecular formula is C22H33F3IN5O. The predicted octanol–water partition coefficient (Wildman–Crippen LogP) is 4.08. The number of halogens is 4. The number of aliphatic imine (C=N–C) groups is 1. The number of alkyl halides is 3. The minimum absolute atomic E-state index is 0. The third-order valence-corrected chi connectivity index (χ3v) is 6.22. The fourth-order valence-electron chi connectivity index (χ4n) is 4.23. The summed E-state index contributed by atoms with van der Waals surface area (Å²) in [5.74, 6) is 0.864. The average molecular weight is 567 g/mol. The summed E-state index contributed by atoms with van der Waals surface area (Å²) in [5.41, 5.74) is 1.77. The molecule has 1 atom stereocenters. The van der Waals surface area contributed by atoms with Crippen LogP contribution < -0.4 is 10.6 Å². The number of anilines is 1. The van der Waals surface area contributed by atoms with Gasteiger partial charge in [0.25, 0.3) is 0 Å². The van der Waals surface area contributed by atoms with E-state index >= 15 is 0 Å². The van der Waals surface area contributed by atoms with Crippen LogP contribution in [-0.4, -0.2) is 67.1 Å². The lowest BCUT2D eigenvalue weighted by Gasteiger charge is -2.39. The monoisotopic (exact) mass is 567 g/mol. The second kappa shape index (κ2) is 12.1. The quantitative estimate of drug-likeness (QED) is 0.320. The maximum atomic E-state index is 12.9. The molecule has 1 heterocycles. The van der Waals surface area contributed by atoms with Gasteiger partial charge in [0.1, 0.15) is 6.04 Å². The van der Waals surface area contributed by atoms with Gasteiger partial charge in [0, 0.05) is 51.4 Å². The topological polar surface area (TPSA) is 60.0 Å². The number of hydrogen-bond acceptors (Lipinski definition) is 3. The van der Waals surface area contributed by atoms with E-state index in [4.69, 9.17) is 0 Å². The van der Waals surface area contributed by atoms with E-state index < -0.39 is 12.2 Å². The zero-order chi connectivity index (χ0) is 22.4. The highest BCUT2D eigenvalue weighted by atomic mass is 127. The van der Waals surface area contributed by atoms with Gasteiger partial charge in [-0.25, -0.2) is 0 Å². The van der Waals surface area contributed by atoms with Crippen LogP contribution in [0.3, 0.4) is 0 Å². The Hall–Kier alpha value is -1.56. The molecule has 2 N–H and O–H groups in total. The van der Waals surface area contributed by atoms with E-state index in [1.54, 1.807) is 7.05 Å². The predicted molar refractivity (Wildman–Crippen MR) is 131 cm³/mol. The van der Waals surface area contributed by atoms with Gasteiger partial charge in [0.15, 0.2) is 5.96 Å². The number of guanidine groups is 1. The van der Waals surface area contributed by atoms with Gasteiger partial charge in [-0.3, -0.25) is 14.7 Å². The van der Waals surface area contributed by atoms with Crippen LogP contribution >= 0.6 is 24.0 Å². The third-order valence-electron chi connectivity index (χ3n) is 6.22. The van der Waals surface area contributed by atoms with Crippen molar-refractivity contribution in [2.75, 3.05) is 38.5 Å². The fourth-order valence-corrected chi connectivity index (χ4v) is 4.23. The summed E-state index contributed by atoms with van der Waals surface area (Å²) < 4.78 is 38.8. The summed E-state index contributed by atoms with van der Waals surface area (Å²) in [6.45, 7) is 3.36. The molecule has 1 saturated heterocycles. The molecule has 180 valence electrons. The number of rotatable bonds is 5. The van der Waals surface area contributed by atoms with Gasteiger partial charge in [-0.1, -0.05) is 25.0 Å². The van der Waals surface area contributed by atoms with Crippen LogP contribution in [0.2, 0.25) is 0 Å². The Kier molecular flexibility index (Phi) is 10.1. The van der Waals surface area contributed by atoms with Gasteiger partial charge in [0.05, 0.1) is 0 Å². The van der Waals surface area contributed by atoms with E-state index in [9.17, 15) is 18.0 Å². The second-order valence-corrected chi connectivity index (χ2v) is 8.31. The van der Waals surface area contributed by atoms with Crippen molar-refractivity contribution in [3.05, 3.63) is 29.8 Å². The van der Waals surface area contributed by atoms with Gasteiger partial charge in [-0.2, -0.15) is 13.2 Å². The molecule has 2 aliphatic rings. The number of carbonyl (C=O) groups is 1. The molecule has 0 radical (unpaired) electrons. The Morgan fingerprint density at radius 3 is 2.44 bits per heavy atom. The number of amides is 1. The standard InChI is InChI=1S/C22H32F3N5O.HI/c1-16(22(23,24)25)29-10-12-30(13-11-29)21(26-2)27-15-17-6-5-9-19(14-17)28-20(31)18-7-3-4-8-18;/h5-6,9,14,16,18H,3-4,7-8,10-13,15H2,1-2H3,(H,26,27)(H,28,31);1H. The Morgan fingerprint density at radius 1 is 1.19 bits per heavy atom. The van der Waals surface area contributed by atoms with Gasteiger partial charge >= 0.3 is 6.18 Å². The molecule has 1 aromatic rings.